The molecule has 0 atom stereocenters. The minimum absolute atomic E-state index is 0.428. The Morgan fingerprint density at radius 3 is 2.62 bits per heavy atom. The SMILES string of the molecule is O=C1C=Cc2cc(Cl)ccc2C1=O. The average molecular weight is 193 g/mol. The van der Waals surface area contributed by atoms with Crippen LogP contribution in [0.3, 0.4) is 0 Å². The minimum atomic E-state index is -0.477. The molecular weight excluding hydrogens is 188 g/mol. The van der Waals surface area contributed by atoms with Crippen molar-refractivity contribution in [2.24, 2.45) is 0 Å². The van der Waals surface area contributed by atoms with Gasteiger partial charge in [0.2, 0.25) is 11.6 Å². The second-order valence-electron chi connectivity index (χ2n) is 2.76. The second-order valence-corrected chi connectivity index (χ2v) is 3.19. The average Bonchev–Trinajstić information content (AvgIpc) is 2.12. The standard InChI is InChI=1S/C10H5ClO2/c11-7-2-3-8-6(5-7)1-4-9(12)10(8)13/h1-5H. The van der Waals surface area contributed by atoms with Gasteiger partial charge in [-0.1, -0.05) is 17.7 Å². The maximum Gasteiger partial charge on any atom is 0.233 e. The number of allylic oxidation sites excluding steroid dienone is 1. The van der Waals surface area contributed by atoms with E-state index >= 15 is 0 Å². The van der Waals surface area contributed by atoms with E-state index in [0.717, 1.165) is 0 Å². The second kappa shape index (κ2) is 2.82. The Hall–Kier alpha value is -1.41. The molecule has 64 valence electrons. The fraction of sp³-hybridized carbons (Fsp3) is 0. The largest absolute Gasteiger partial charge is 0.286 e. The van der Waals surface area contributed by atoms with Gasteiger partial charge < -0.3 is 0 Å². The third kappa shape index (κ3) is 1.29. The highest BCUT2D eigenvalue weighted by Crippen LogP contribution is 2.21. The fourth-order valence-electron chi connectivity index (χ4n) is 1.25. The van der Waals surface area contributed by atoms with Crippen molar-refractivity contribution >= 4 is 29.2 Å². The quantitative estimate of drug-likeness (QED) is 0.590. The number of ketones is 2. The van der Waals surface area contributed by atoms with E-state index in [9.17, 15) is 9.59 Å². The monoisotopic (exact) mass is 192 g/mol. The van der Waals surface area contributed by atoms with Gasteiger partial charge in [0.15, 0.2) is 0 Å². The van der Waals surface area contributed by atoms with Gasteiger partial charge in [-0.05, 0) is 29.8 Å². The Balaban J connectivity index is 2.66. The zero-order chi connectivity index (χ0) is 9.42. The van der Waals surface area contributed by atoms with Crippen molar-refractivity contribution in [2.75, 3.05) is 0 Å². The van der Waals surface area contributed by atoms with E-state index in [1.54, 1.807) is 24.3 Å². The fourth-order valence-corrected chi connectivity index (χ4v) is 1.43. The Morgan fingerprint density at radius 2 is 1.85 bits per heavy atom. The molecule has 1 aliphatic rings. The minimum Gasteiger partial charge on any atom is -0.286 e. The van der Waals surface area contributed by atoms with Gasteiger partial charge in [0.1, 0.15) is 0 Å². The number of fused-ring (bicyclic) bond motifs is 1. The third-order valence-electron chi connectivity index (χ3n) is 1.90. The third-order valence-corrected chi connectivity index (χ3v) is 2.13. The van der Waals surface area contributed by atoms with Crippen molar-refractivity contribution in [1.82, 2.24) is 0 Å². The predicted octanol–water partition coefficient (Wildman–Crippen LogP) is 2.12. The zero-order valence-corrected chi connectivity index (χ0v) is 7.34. The highest BCUT2D eigenvalue weighted by atomic mass is 35.5. The van der Waals surface area contributed by atoms with Gasteiger partial charge in [-0.2, -0.15) is 0 Å². The number of carbonyl (C=O) groups is 2. The van der Waals surface area contributed by atoms with E-state index in [1.807, 2.05) is 0 Å². The molecule has 1 aromatic rings. The summed E-state index contributed by atoms with van der Waals surface area (Å²) in [6, 6.07) is 4.84. The van der Waals surface area contributed by atoms with Crippen molar-refractivity contribution < 1.29 is 9.59 Å². The molecule has 0 spiro atoms. The Labute approximate surface area is 79.8 Å². The first-order chi connectivity index (χ1) is 6.18. The summed E-state index contributed by atoms with van der Waals surface area (Å²) >= 11 is 5.73. The van der Waals surface area contributed by atoms with Crippen molar-refractivity contribution in [2.45, 2.75) is 0 Å². The molecule has 2 rings (SSSR count). The summed E-state index contributed by atoms with van der Waals surface area (Å²) in [6.07, 6.45) is 2.87. The summed E-state index contributed by atoms with van der Waals surface area (Å²) in [5, 5.41) is 0.561. The van der Waals surface area contributed by atoms with Crippen LogP contribution < -0.4 is 0 Å². The summed E-state index contributed by atoms with van der Waals surface area (Å²) in [4.78, 5) is 22.3. The van der Waals surface area contributed by atoms with Crippen molar-refractivity contribution in [3.8, 4) is 0 Å². The number of rotatable bonds is 0. The predicted molar refractivity (Wildman–Crippen MR) is 49.8 cm³/mol. The molecule has 0 unspecified atom stereocenters. The lowest BCUT2D eigenvalue weighted by atomic mass is 9.96. The molecule has 0 saturated heterocycles. The molecule has 0 amide bonds. The van der Waals surface area contributed by atoms with Crippen LogP contribution in [0.15, 0.2) is 24.3 Å². The summed E-state index contributed by atoms with van der Waals surface area (Å²) in [5.74, 6) is -0.941. The molecule has 0 aromatic heterocycles. The lowest BCUT2D eigenvalue weighted by Gasteiger charge is -2.07. The van der Waals surface area contributed by atoms with Crippen LogP contribution in [0.4, 0.5) is 0 Å². The van der Waals surface area contributed by atoms with Crippen molar-refractivity contribution in [3.05, 3.63) is 40.4 Å². The first-order valence-electron chi connectivity index (χ1n) is 3.75. The van der Waals surface area contributed by atoms with Crippen LogP contribution in [0.1, 0.15) is 15.9 Å². The van der Waals surface area contributed by atoms with Gasteiger partial charge in [-0.15, -0.1) is 0 Å². The van der Waals surface area contributed by atoms with E-state index in [-0.39, 0.29) is 0 Å². The number of carbonyl (C=O) groups excluding carboxylic acids is 2. The van der Waals surface area contributed by atoms with Gasteiger partial charge in [-0.25, -0.2) is 0 Å². The van der Waals surface area contributed by atoms with E-state index in [2.05, 4.69) is 0 Å². The first kappa shape index (κ1) is 8.20. The van der Waals surface area contributed by atoms with Crippen LogP contribution in [0.5, 0.6) is 0 Å². The van der Waals surface area contributed by atoms with Crippen molar-refractivity contribution in [3.63, 3.8) is 0 Å². The lowest BCUT2D eigenvalue weighted by Crippen LogP contribution is -2.15. The Kier molecular flexibility index (Phi) is 1.78. The molecule has 1 aliphatic carbocycles. The molecule has 0 heterocycles. The zero-order valence-electron chi connectivity index (χ0n) is 6.58. The normalized spacial score (nSPS) is 14.5. The van der Waals surface area contributed by atoms with Gasteiger partial charge >= 0.3 is 0 Å². The summed E-state index contributed by atoms with van der Waals surface area (Å²) in [5.41, 5.74) is 1.13. The molecule has 0 N–H and O–H groups in total. The van der Waals surface area contributed by atoms with Crippen LogP contribution in [0.25, 0.3) is 6.08 Å². The number of hydrogen-bond acceptors (Lipinski definition) is 2. The van der Waals surface area contributed by atoms with Crippen molar-refractivity contribution in [1.29, 1.82) is 0 Å². The molecule has 0 fully saturated rings. The van der Waals surface area contributed by atoms with E-state index in [1.165, 1.54) is 6.08 Å². The summed E-state index contributed by atoms with van der Waals surface area (Å²) in [6.45, 7) is 0. The Morgan fingerprint density at radius 1 is 1.08 bits per heavy atom. The molecule has 1 aromatic carbocycles. The number of hydrogen-bond donors (Lipinski definition) is 0. The summed E-state index contributed by atoms with van der Waals surface area (Å²) in [7, 11) is 0. The van der Waals surface area contributed by atoms with E-state index < -0.39 is 11.6 Å². The number of halogens is 1. The molecule has 13 heavy (non-hydrogen) atoms. The van der Waals surface area contributed by atoms with Crippen LogP contribution >= 0.6 is 11.6 Å². The Bertz CT molecular complexity index is 433. The molecule has 0 aliphatic heterocycles. The van der Waals surface area contributed by atoms with E-state index in [4.69, 9.17) is 11.6 Å². The van der Waals surface area contributed by atoms with Crippen LogP contribution in [0.2, 0.25) is 5.02 Å². The number of benzene rings is 1. The highest BCUT2D eigenvalue weighted by molar-refractivity contribution is 6.50. The van der Waals surface area contributed by atoms with Gasteiger partial charge in [0, 0.05) is 10.6 Å². The molecule has 2 nitrogen and oxygen atoms in total. The molecule has 0 radical (unpaired) electrons. The lowest BCUT2D eigenvalue weighted by molar-refractivity contribution is -0.110. The molecule has 0 saturated carbocycles. The van der Waals surface area contributed by atoms with Gasteiger partial charge in [0.05, 0.1) is 0 Å². The van der Waals surface area contributed by atoms with Crippen LogP contribution in [0, 0.1) is 0 Å². The molecule has 0 bridgehead atoms. The maximum absolute atomic E-state index is 11.3. The van der Waals surface area contributed by atoms with E-state index in [0.29, 0.717) is 16.1 Å². The smallest absolute Gasteiger partial charge is 0.233 e. The molecule has 3 heteroatoms. The van der Waals surface area contributed by atoms with Crippen LogP contribution in [-0.2, 0) is 4.79 Å². The topological polar surface area (TPSA) is 34.1 Å². The maximum atomic E-state index is 11.3. The van der Waals surface area contributed by atoms with Gasteiger partial charge in [-0.3, -0.25) is 9.59 Å². The highest BCUT2D eigenvalue weighted by Gasteiger charge is 2.20. The first-order valence-corrected chi connectivity index (χ1v) is 4.12. The van der Waals surface area contributed by atoms with Gasteiger partial charge in [0.25, 0.3) is 0 Å². The molecular formula is C10H5ClO2. The van der Waals surface area contributed by atoms with Crippen LogP contribution in [-0.4, -0.2) is 11.6 Å². The summed E-state index contributed by atoms with van der Waals surface area (Å²) < 4.78 is 0. The number of Topliss-reactive ketones (excluding diaryl/α,β-unsaturated/α-hetero) is 1.